The molecule has 0 saturated carbocycles. The molecule has 0 saturated heterocycles. The molecule has 0 unspecified atom stereocenters. The second kappa shape index (κ2) is 8.39. The van der Waals surface area contributed by atoms with Gasteiger partial charge in [0.1, 0.15) is 0 Å². The van der Waals surface area contributed by atoms with Crippen molar-refractivity contribution in [3.8, 4) is 11.3 Å². The summed E-state index contributed by atoms with van der Waals surface area (Å²) >= 11 is 5.87. The van der Waals surface area contributed by atoms with Crippen LogP contribution in [0.4, 0.5) is 13.2 Å². The number of hydrogen-bond donors (Lipinski definition) is 1. The van der Waals surface area contributed by atoms with Gasteiger partial charge in [-0.05, 0) is 36.2 Å². The Balaban J connectivity index is 1.61. The third-order valence-corrected chi connectivity index (χ3v) is 4.98. The molecule has 0 bridgehead atoms. The van der Waals surface area contributed by atoms with Crippen LogP contribution in [0, 0.1) is 0 Å². The first kappa shape index (κ1) is 20.9. The van der Waals surface area contributed by atoms with E-state index in [1.807, 2.05) is 12.1 Å². The van der Waals surface area contributed by atoms with E-state index in [4.69, 9.17) is 11.6 Å². The minimum atomic E-state index is -4.48. The van der Waals surface area contributed by atoms with E-state index in [2.05, 4.69) is 15.3 Å². The lowest BCUT2D eigenvalue weighted by Crippen LogP contribution is -2.27. The fourth-order valence-electron chi connectivity index (χ4n) is 3.20. The fraction of sp³-hybridized carbons (Fsp3) is 0.136. The van der Waals surface area contributed by atoms with Crippen LogP contribution in [0.25, 0.3) is 16.8 Å². The zero-order valence-corrected chi connectivity index (χ0v) is 16.8. The number of alkyl halides is 3. The highest BCUT2D eigenvalue weighted by atomic mass is 35.5. The molecule has 2 heterocycles. The fourth-order valence-corrected chi connectivity index (χ4v) is 3.33. The molecule has 31 heavy (non-hydrogen) atoms. The summed E-state index contributed by atoms with van der Waals surface area (Å²) in [5.74, 6) is -0.366. The third kappa shape index (κ3) is 4.54. The van der Waals surface area contributed by atoms with Gasteiger partial charge in [-0.1, -0.05) is 35.9 Å². The Hall–Kier alpha value is -3.39. The lowest BCUT2D eigenvalue weighted by molar-refractivity contribution is -0.137. The van der Waals surface area contributed by atoms with Crippen molar-refractivity contribution in [3.05, 3.63) is 89.1 Å². The normalized spacial score (nSPS) is 11.6. The molecule has 4 rings (SSSR count). The molecule has 4 aromatic rings. The van der Waals surface area contributed by atoms with Crippen molar-refractivity contribution in [2.75, 3.05) is 6.54 Å². The number of nitrogens with zero attached hydrogens (tertiary/aromatic N) is 3. The zero-order chi connectivity index (χ0) is 22.0. The molecule has 0 aliphatic carbocycles. The van der Waals surface area contributed by atoms with Gasteiger partial charge in [0.25, 0.3) is 5.91 Å². The van der Waals surface area contributed by atoms with E-state index < -0.39 is 17.6 Å². The predicted molar refractivity (Wildman–Crippen MR) is 111 cm³/mol. The predicted octanol–water partition coefficient (Wildman–Crippen LogP) is 5.04. The van der Waals surface area contributed by atoms with Gasteiger partial charge < -0.3 is 5.32 Å². The van der Waals surface area contributed by atoms with Gasteiger partial charge >= 0.3 is 6.18 Å². The molecule has 1 N–H and O–H groups in total. The van der Waals surface area contributed by atoms with E-state index in [1.54, 1.807) is 18.3 Å². The smallest absolute Gasteiger partial charge is 0.349 e. The maximum absolute atomic E-state index is 13.1. The SMILES string of the molecule is O=C(NCCc1ccc(Cl)cc1)c1nc(-c2cccc(C(F)(F)F)c2)c2cnccn12. The summed E-state index contributed by atoms with van der Waals surface area (Å²) in [6, 6.07) is 12.1. The molecule has 9 heteroatoms. The molecular weight excluding hydrogens is 429 g/mol. The van der Waals surface area contributed by atoms with Crippen molar-refractivity contribution in [2.45, 2.75) is 12.6 Å². The summed E-state index contributed by atoms with van der Waals surface area (Å²) in [4.78, 5) is 21.1. The topological polar surface area (TPSA) is 59.3 Å². The molecular formula is C22H16ClF3N4O. The molecule has 158 valence electrons. The van der Waals surface area contributed by atoms with E-state index in [0.717, 1.165) is 17.7 Å². The Morgan fingerprint density at radius 2 is 1.90 bits per heavy atom. The average Bonchev–Trinajstić information content (AvgIpc) is 3.14. The van der Waals surface area contributed by atoms with Crippen LogP contribution in [0.15, 0.2) is 67.1 Å². The number of hydrogen-bond acceptors (Lipinski definition) is 3. The molecule has 5 nitrogen and oxygen atoms in total. The van der Waals surface area contributed by atoms with Crippen molar-refractivity contribution >= 4 is 23.0 Å². The molecule has 0 radical (unpaired) electrons. The van der Waals surface area contributed by atoms with Gasteiger partial charge in [0.05, 0.1) is 23.0 Å². The van der Waals surface area contributed by atoms with E-state index in [0.29, 0.717) is 23.5 Å². The first-order valence-electron chi connectivity index (χ1n) is 9.35. The summed E-state index contributed by atoms with van der Waals surface area (Å²) in [6.45, 7) is 0.360. The lowest BCUT2D eigenvalue weighted by Gasteiger charge is -2.07. The Morgan fingerprint density at radius 1 is 1.13 bits per heavy atom. The number of amides is 1. The van der Waals surface area contributed by atoms with Crippen molar-refractivity contribution in [1.29, 1.82) is 0 Å². The number of carbonyl (C=O) groups is 1. The number of imidazole rings is 1. The standard InChI is InChI=1S/C22H16ClF3N4O/c23-17-6-4-14(5-7-17)8-9-28-21(31)20-29-19(18-13-27-10-11-30(18)20)15-2-1-3-16(12-15)22(24,25)26/h1-7,10-13H,8-9H2,(H,28,31). The van der Waals surface area contributed by atoms with Crippen molar-refractivity contribution in [1.82, 2.24) is 19.7 Å². The van der Waals surface area contributed by atoms with Crippen LogP contribution in [0.3, 0.4) is 0 Å². The van der Waals surface area contributed by atoms with Gasteiger partial charge in [-0.25, -0.2) is 4.98 Å². The Bertz CT molecular complexity index is 1240. The number of nitrogens with one attached hydrogen (secondary N) is 1. The Kier molecular flexibility index (Phi) is 5.65. The summed E-state index contributed by atoms with van der Waals surface area (Å²) in [5, 5.41) is 3.43. The monoisotopic (exact) mass is 444 g/mol. The molecule has 0 fully saturated rings. The largest absolute Gasteiger partial charge is 0.416 e. The third-order valence-electron chi connectivity index (χ3n) is 4.73. The molecule has 2 aromatic carbocycles. The number of benzene rings is 2. The first-order chi connectivity index (χ1) is 14.8. The van der Waals surface area contributed by atoms with Crippen LogP contribution in [-0.4, -0.2) is 26.8 Å². The summed E-state index contributed by atoms with van der Waals surface area (Å²) < 4.78 is 40.9. The molecule has 0 atom stereocenters. The lowest BCUT2D eigenvalue weighted by atomic mass is 10.1. The highest BCUT2D eigenvalue weighted by Gasteiger charge is 2.31. The number of halogens is 4. The summed E-state index contributed by atoms with van der Waals surface area (Å²) in [5.41, 5.74) is 1.16. The summed E-state index contributed by atoms with van der Waals surface area (Å²) in [7, 11) is 0. The number of aromatic nitrogens is 3. The van der Waals surface area contributed by atoms with Crippen LogP contribution in [-0.2, 0) is 12.6 Å². The van der Waals surface area contributed by atoms with E-state index in [9.17, 15) is 18.0 Å². The highest BCUT2D eigenvalue weighted by Crippen LogP contribution is 2.33. The molecule has 1 amide bonds. The van der Waals surface area contributed by atoms with Gasteiger partial charge in [-0.3, -0.25) is 14.2 Å². The molecule has 2 aromatic heterocycles. The maximum Gasteiger partial charge on any atom is 0.416 e. The minimum absolute atomic E-state index is 0.0703. The quantitative estimate of drug-likeness (QED) is 0.469. The maximum atomic E-state index is 13.1. The van der Waals surface area contributed by atoms with E-state index >= 15 is 0 Å². The number of carbonyl (C=O) groups excluding carboxylic acids is 1. The van der Waals surface area contributed by atoms with Crippen molar-refractivity contribution in [3.63, 3.8) is 0 Å². The summed E-state index contributed by atoms with van der Waals surface area (Å²) in [6.07, 6.45) is 0.607. The number of fused-ring (bicyclic) bond motifs is 1. The van der Waals surface area contributed by atoms with Crippen LogP contribution in [0.2, 0.25) is 5.02 Å². The van der Waals surface area contributed by atoms with Crippen LogP contribution < -0.4 is 5.32 Å². The molecule has 0 spiro atoms. The van der Waals surface area contributed by atoms with Crippen LogP contribution >= 0.6 is 11.6 Å². The van der Waals surface area contributed by atoms with Crippen molar-refractivity contribution < 1.29 is 18.0 Å². The second-order valence-electron chi connectivity index (χ2n) is 6.83. The van der Waals surface area contributed by atoms with Gasteiger partial charge in [0, 0.05) is 29.5 Å². The first-order valence-corrected chi connectivity index (χ1v) is 9.73. The molecule has 0 aliphatic heterocycles. The van der Waals surface area contributed by atoms with E-state index in [-0.39, 0.29) is 17.1 Å². The zero-order valence-electron chi connectivity index (χ0n) is 16.0. The van der Waals surface area contributed by atoms with Gasteiger partial charge in [0.15, 0.2) is 0 Å². The Labute approximate surface area is 180 Å². The average molecular weight is 445 g/mol. The van der Waals surface area contributed by atoms with Gasteiger partial charge in [0.2, 0.25) is 5.82 Å². The number of rotatable bonds is 5. The second-order valence-corrected chi connectivity index (χ2v) is 7.26. The highest BCUT2D eigenvalue weighted by molar-refractivity contribution is 6.30. The molecule has 0 aliphatic rings. The van der Waals surface area contributed by atoms with Gasteiger partial charge in [-0.15, -0.1) is 0 Å². The van der Waals surface area contributed by atoms with Crippen LogP contribution in [0.1, 0.15) is 21.7 Å². The van der Waals surface area contributed by atoms with Crippen LogP contribution in [0.5, 0.6) is 0 Å². The van der Waals surface area contributed by atoms with Crippen molar-refractivity contribution in [2.24, 2.45) is 0 Å². The Morgan fingerprint density at radius 3 is 2.65 bits per heavy atom. The minimum Gasteiger partial charge on any atom is -0.349 e. The van der Waals surface area contributed by atoms with E-state index in [1.165, 1.54) is 28.9 Å². The van der Waals surface area contributed by atoms with Gasteiger partial charge in [-0.2, -0.15) is 13.2 Å².